The number of carbonyl (C=O) groups excluding carboxylic acids is 1. The van der Waals surface area contributed by atoms with E-state index in [1.54, 1.807) is 11.3 Å². The molecule has 2 rings (SSSR count). The van der Waals surface area contributed by atoms with Crippen molar-refractivity contribution in [3.8, 4) is 6.07 Å². The molecule has 2 aromatic rings. The summed E-state index contributed by atoms with van der Waals surface area (Å²) in [4.78, 5) is 12.2. The second-order valence-corrected chi connectivity index (χ2v) is 5.47. The Balaban J connectivity index is 2.01. The Kier molecular flexibility index (Phi) is 4.38. The summed E-state index contributed by atoms with van der Waals surface area (Å²) >= 11 is 1.57. The van der Waals surface area contributed by atoms with Crippen LogP contribution in [0.2, 0.25) is 0 Å². The van der Waals surface area contributed by atoms with Gasteiger partial charge >= 0.3 is 0 Å². The molecule has 4 nitrogen and oxygen atoms in total. The molecule has 20 heavy (non-hydrogen) atoms. The molecule has 1 heterocycles. The average Bonchev–Trinajstić information content (AvgIpc) is 2.87. The summed E-state index contributed by atoms with van der Waals surface area (Å²) < 4.78 is 0. The van der Waals surface area contributed by atoms with Crippen LogP contribution in [0.5, 0.6) is 0 Å². The van der Waals surface area contributed by atoms with Gasteiger partial charge in [0.15, 0.2) is 0 Å². The molecule has 0 aliphatic carbocycles. The van der Waals surface area contributed by atoms with Crippen LogP contribution in [0.3, 0.4) is 0 Å². The molecule has 0 atom stereocenters. The maximum Gasteiger partial charge on any atom is 0.221 e. The molecule has 0 radical (unpaired) electrons. The largest absolute Gasteiger partial charge is 0.380 e. The van der Waals surface area contributed by atoms with E-state index in [1.165, 1.54) is 6.92 Å². The van der Waals surface area contributed by atoms with E-state index in [0.29, 0.717) is 12.1 Å². The molecule has 1 aromatic carbocycles. The number of carbonyl (C=O) groups is 1. The molecule has 0 unspecified atom stereocenters. The zero-order valence-corrected chi connectivity index (χ0v) is 12.2. The van der Waals surface area contributed by atoms with Gasteiger partial charge in [0.05, 0.1) is 5.56 Å². The first-order chi connectivity index (χ1) is 9.58. The summed E-state index contributed by atoms with van der Waals surface area (Å²) in [6.45, 7) is 4.13. The van der Waals surface area contributed by atoms with Crippen LogP contribution in [0.1, 0.15) is 22.9 Å². The van der Waals surface area contributed by atoms with Crippen molar-refractivity contribution in [3.05, 3.63) is 45.6 Å². The van der Waals surface area contributed by atoms with Crippen molar-refractivity contribution in [2.24, 2.45) is 0 Å². The predicted molar refractivity (Wildman–Crippen MR) is 81.8 cm³/mol. The van der Waals surface area contributed by atoms with Gasteiger partial charge in [-0.25, -0.2) is 0 Å². The van der Waals surface area contributed by atoms with Gasteiger partial charge < -0.3 is 10.6 Å². The fourth-order valence-corrected chi connectivity index (χ4v) is 2.57. The molecule has 0 fully saturated rings. The number of hydrogen-bond donors (Lipinski definition) is 2. The standard InChI is InChI=1S/C15H15N3OS/c1-10-5-13(3-4-15(10)18-11(2)19)17-8-14-6-12(7-16)9-20-14/h3-6,9,17H,8H2,1-2H3,(H,18,19). The molecule has 2 N–H and O–H groups in total. The third kappa shape index (κ3) is 3.59. The minimum absolute atomic E-state index is 0.0728. The topological polar surface area (TPSA) is 64.9 Å². The molecule has 0 aliphatic heterocycles. The predicted octanol–water partition coefficient (Wildman–Crippen LogP) is 3.50. The Morgan fingerprint density at radius 3 is 2.80 bits per heavy atom. The van der Waals surface area contributed by atoms with Crippen LogP contribution in [-0.2, 0) is 11.3 Å². The van der Waals surface area contributed by atoms with Gasteiger partial charge in [-0.15, -0.1) is 11.3 Å². The zero-order chi connectivity index (χ0) is 14.5. The maximum atomic E-state index is 11.0. The maximum absolute atomic E-state index is 11.0. The van der Waals surface area contributed by atoms with Crippen molar-refractivity contribution in [1.29, 1.82) is 5.26 Å². The van der Waals surface area contributed by atoms with E-state index in [-0.39, 0.29) is 5.91 Å². The highest BCUT2D eigenvalue weighted by molar-refractivity contribution is 7.10. The summed E-state index contributed by atoms with van der Waals surface area (Å²) in [7, 11) is 0. The van der Waals surface area contributed by atoms with Crippen LogP contribution in [0.4, 0.5) is 11.4 Å². The molecule has 0 spiro atoms. The fraction of sp³-hybridized carbons (Fsp3) is 0.200. The van der Waals surface area contributed by atoms with E-state index in [9.17, 15) is 4.79 Å². The van der Waals surface area contributed by atoms with Crippen LogP contribution < -0.4 is 10.6 Å². The first-order valence-corrected chi connectivity index (χ1v) is 7.06. The Morgan fingerprint density at radius 2 is 2.20 bits per heavy atom. The summed E-state index contributed by atoms with van der Waals surface area (Å²) in [5.41, 5.74) is 3.52. The van der Waals surface area contributed by atoms with Crippen LogP contribution in [-0.4, -0.2) is 5.91 Å². The molecular weight excluding hydrogens is 270 g/mol. The SMILES string of the molecule is CC(=O)Nc1ccc(NCc2cc(C#N)cs2)cc1C. The van der Waals surface area contributed by atoms with Crippen LogP contribution in [0, 0.1) is 18.3 Å². The lowest BCUT2D eigenvalue weighted by Crippen LogP contribution is -2.07. The number of rotatable bonds is 4. The van der Waals surface area contributed by atoms with Gasteiger partial charge in [0, 0.05) is 35.1 Å². The van der Waals surface area contributed by atoms with Crippen LogP contribution >= 0.6 is 11.3 Å². The summed E-state index contributed by atoms with van der Waals surface area (Å²) in [6.07, 6.45) is 0. The number of aryl methyl sites for hydroxylation is 1. The van der Waals surface area contributed by atoms with Gasteiger partial charge in [0.25, 0.3) is 0 Å². The van der Waals surface area contributed by atoms with Crippen molar-refractivity contribution >= 4 is 28.6 Å². The van der Waals surface area contributed by atoms with Crippen LogP contribution in [0.15, 0.2) is 29.6 Å². The first kappa shape index (κ1) is 14.1. The number of nitrogens with zero attached hydrogens (tertiary/aromatic N) is 1. The number of hydrogen-bond acceptors (Lipinski definition) is 4. The van der Waals surface area contributed by atoms with Crippen molar-refractivity contribution < 1.29 is 4.79 Å². The third-order valence-electron chi connectivity index (χ3n) is 2.79. The van der Waals surface area contributed by atoms with Crippen molar-refractivity contribution in [2.45, 2.75) is 20.4 Å². The molecule has 0 aliphatic rings. The normalized spacial score (nSPS) is 9.85. The number of nitrogens with one attached hydrogen (secondary N) is 2. The van der Waals surface area contributed by atoms with Gasteiger partial charge in [-0.05, 0) is 36.8 Å². The highest BCUT2D eigenvalue weighted by Crippen LogP contribution is 2.21. The highest BCUT2D eigenvalue weighted by Gasteiger charge is 2.03. The van der Waals surface area contributed by atoms with E-state index in [0.717, 1.165) is 21.8 Å². The smallest absolute Gasteiger partial charge is 0.221 e. The van der Waals surface area contributed by atoms with Crippen LogP contribution in [0.25, 0.3) is 0 Å². The zero-order valence-electron chi connectivity index (χ0n) is 11.4. The quantitative estimate of drug-likeness (QED) is 0.903. The number of nitriles is 1. The Bertz CT molecular complexity index is 670. The second-order valence-electron chi connectivity index (χ2n) is 4.48. The monoisotopic (exact) mass is 285 g/mol. The lowest BCUT2D eigenvalue weighted by atomic mass is 10.1. The Hall–Kier alpha value is -2.32. The molecule has 0 bridgehead atoms. The molecule has 1 amide bonds. The third-order valence-corrected chi connectivity index (χ3v) is 3.72. The molecular formula is C15H15N3OS. The lowest BCUT2D eigenvalue weighted by molar-refractivity contribution is -0.114. The molecule has 5 heteroatoms. The minimum atomic E-state index is -0.0728. The van der Waals surface area contributed by atoms with E-state index >= 15 is 0 Å². The van der Waals surface area contributed by atoms with Gasteiger partial charge in [-0.1, -0.05) is 0 Å². The summed E-state index contributed by atoms with van der Waals surface area (Å²) in [5, 5.41) is 16.7. The van der Waals surface area contributed by atoms with Crippen molar-refractivity contribution in [1.82, 2.24) is 0 Å². The van der Waals surface area contributed by atoms with Gasteiger partial charge in [0.1, 0.15) is 6.07 Å². The van der Waals surface area contributed by atoms with Gasteiger partial charge in [0.2, 0.25) is 5.91 Å². The number of anilines is 2. The highest BCUT2D eigenvalue weighted by atomic mass is 32.1. The summed E-state index contributed by atoms with van der Waals surface area (Å²) in [5.74, 6) is -0.0728. The average molecular weight is 285 g/mol. The molecule has 0 saturated heterocycles. The summed E-state index contributed by atoms with van der Waals surface area (Å²) in [6, 6.07) is 9.81. The first-order valence-electron chi connectivity index (χ1n) is 6.18. The van der Waals surface area contributed by atoms with E-state index < -0.39 is 0 Å². The minimum Gasteiger partial charge on any atom is -0.380 e. The molecule has 1 aromatic heterocycles. The second kappa shape index (κ2) is 6.22. The van der Waals surface area contributed by atoms with Crippen molar-refractivity contribution in [2.75, 3.05) is 10.6 Å². The number of benzene rings is 1. The Labute approximate surface area is 122 Å². The molecule has 102 valence electrons. The van der Waals surface area contributed by atoms with Gasteiger partial charge in [-0.2, -0.15) is 5.26 Å². The molecule has 0 saturated carbocycles. The Morgan fingerprint density at radius 1 is 1.40 bits per heavy atom. The van der Waals surface area contributed by atoms with E-state index in [1.807, 2.05) is 36.6 Å². The van der Waals surface area contributed by atoms with E-state index in [4.69, 9.17) is 5.26 Å². The number of thiophene rings is 1. The van der Waals surface area contributed by atoms with Crippen molar-refractivity contribution in [3.63, 3.8) is 0 Å². The number of amides is 1. The lowest BCUT2D eigenvalue weighted by Gasteiger charge is -2.10. The van der Waals surface area contributed by atoms with E-state index in [2.05, 4.69) is 16.7 Å². The van der Waals surface area contributed by atoms with Gasteiger partial charge in [-0.3, -0.25) is 4.79 Å². The fourth-order valence-electron chi connectivity index (χ4n) is 1.82.